The number of anilines is 2. The Balaban J connectivity index is 1.65. The van der Waals surface area contributed by atoms with Crippen molar-refractivity contribution in [3.8, 4) is 0 Å². The van der Waals surface area contributed by atoms with Gasteiger partial charge in [-0.15, -0.1) is 11.3 Å². The van der Waals surface area contributed by atoms with Gasteiger partial charge >= 0.3 is 0 Å². The van der Waals surface area contributed by atoms with Gasteiger partial charge in [-0.1, -0.05) is 43.3 Å². The molecule has 0 saturated carbocycles. The highest BCUT2D eigenvalue weighted by molar-refractivity contribution is 7.20. The summed E-state index contributed by atoms with van der Waals surface area (Å²) in [6.45, 7) is 9.30. The lowest BCUT2D eigenvalue weighted by atomic mass is 10.1. The van der Waals surface area contributed by atoms with Crippen LogP contribution in [0.15, 0.2) is 53.6 Å². The standard InChI is InChI=1S/C27H28N4O3S/c1-6-19-12-9-11-16(3)22(19)30-24(32)18(5)31-14-28-26-21(27(31)34)17(4)23(35-26)25(33)29-20-13-8-7-10-15(20)2/h7-14,18H,6H2,1-5H3,(H,29,33)(H,30,32). The summed E-state index contributed by atoms with van der Waals surface area (Å²) in [4.78, 5) is 44.8. The zero-order valence-electron chi connectivity index (χ0n) is 20.4. The quantitative estimate of drug-likeness (QED) is 0.380. The third-order valence-electron chi connectivity index (χ3n) is 6.26. The predicted octanol–water partition coefficient (Wildman–Crippen LogP) is 5.40. The molecule has 0 bridgehead atoms. The van der Waals surface area contributed by atoms with Gasteiger partial charge in [0, 0.05) is 11.4 Å². The summed E-state index contributed by atoms with van der Waals surface area (Å²) in [5.41, 5.74) is 4.64. The molecule has 2 N–H and O–H groups in total. The van der Waals surface area contributed by atoms with Gasteiger partial charge in [-0.05, 0) is 62.4 Å². The SMILES string of the molecule is CCc1cccc(C)c1NC(=O)C(C)n1cnc2sc(C(=O)Nc3ccccc3C)c(C)c2c1=O. The molecule has 2 amide bonds. The first-order chi connectivity index (χ1) is 16.7. The number of nitrogens with one attached hydrogen (secondary N) is 2. The molecule has 1 atom stereocenters. The van der Waals surface area contributed by atoms with E-state index in [1.54, 1.807) is 13.8 Å². The van der Waals surface area contributed by atoms with Crippen molar-refractivity contribution in [2.75, 3.05) is 10.6 Å². The fourth-order valence-electron chi connectivity index (χ4n) is 4.08. The summed E-state index contributed by atoms with van der Waals surface area (Å²) >= 11 is 1.17. The van der Waals surface area contributed by atoms with Crippen molar-refractivity contribution in [3.05, 3.63) is 86.3 Å². The number of carbonyl (C=O) groups excluding carboxylic acids is 2. The van der Waals surface area contributed by atoms with Crippen molar-refractivity contribution < 1.29 is 9.59 Å². The molecule has 180 valence electrons. The molecule has 35 heavy (non-hydrogen) atoms. The predicted molar refractivity (Wildman–Crippen MR) is 142 cm³/mol. The minimum atomic E-state index is -0.785. The van der Waals surface area contributed by atoms with Crippen LogP contribution < -0.4 is 16.2 Å². The number of hydrogen-bond acceptors (Lipinski definition) is 5. The molecule has 0 aliphatic rings. The van der Waals surface area contributed by atoms with Crippen LogP contribution in [0.2, 0.25) is 0 Å². The van der Waals surface area contributed by atoms with Crippen molar-refractivity contribution in [2.45, 2.75) is 47.1 Å². The summed E-state index contributed by atoms with van der Waals surface area (Å²) in [5.74, 6) is -0.592. The normalized spacial score (nSPS) is 11.9. The Morgan fingerprint density at radius 2 is 1.74 bits per heavy atom. The van der Waals surface area contributed by atoms with Crippen molar-refractivity contribution in [1.29, 1.82) is 0 Å². The van der Waals surface area contributed by atoms with Crippen LogP contribution >= 0.6 is 11.3 Å². The van der Waals surface area contributed by atoms with E-state index in [1.807, 2.05) is 63.2 Å². The van der Waals surface area contributed by atoms with Crippen LogP contribution in [0.3, 0.4) is 0 Å². The van der Waals surface area contributed by atoms with Crippen LogP contribution in [-0.4, -0.2) is 21.4 Å². The van der Waals surface area contributed by atoms with Crippen molar-refractivity contribution in [2.24, 2.45) is 0 Å². The van der Waals surface area contributed by atoms with Gasteiger partial charge in [-0.2, -0.15) is 0 Å². The van der Waals surface area contributed by atoms with E-state index in [2.05, 4.69) is 15.6 Å². The van der Waals surface area contributed by atoms with Gasteiger partial charge in [0.15, 0.2) is 0 Å². The molecule has 0 radical (unpaired) electrons. The number of thiophene rings is 1. The number of amides is 2. The summed E-state index contributed by atoms with van der Waals surface area (Å²) in [5, 5.41) is 6.26. The molecule has 2 aromatic carbocycles. The lowest BCUT2D eigenvalue weighted by Gasteiger charge is -2.18. The first-order valence-electron chi connectivity index (χ1n) is 11.5. The highest BCUT2D eigenvalue weighted by Crippen LogP contribution is 2.29. The van der Waals surface area contributed by atoms with E-state index in [0.717, 1.165) is 28.8 Å². The average molecular weight is 489 g/mol. The van der Waals surface area contributed by atoms with Crippen molar-refractivity contribution >= 4 is 44.7 Å². The number of benzene rings is 2. The number of aromatic nitrogens is 2. The van der Waals surface area contributed by atoms with Crippen LogP contribution in [-0.2, 0) is 11.2 Å². The lowest BCUT2D eigenvalue weighted by Crippen LogP contribution is -2.32. The fourth-order valence-corrected chi connectivity index (χ4v) is 5.11. The summed E-state index contributed by atoms with van der Waals surface area (Å²) < 4.78 is 1.32. The molecular weight excluding hydrogens is 460 g/mol. The number of carbonyl (C=O) groups is 2. The highest BCUT2D eigenvalue weighted by Gasteiger charge is 2.24. The van der Waals surface area contributed by atoms with E-state index < -0.39 is 6.04 Å². The first kappa shape index (κ1) is 24.3. The molecule has 0 fully saturated rings. The molecule has 1 unspecified atom stereocenters. The lowest BCUT2D eigenvalue weighted by molar-refractivity contribution is -0.118. The summed E-state index contributed by atoms with van der Waals surface area (Å²) in [7, 11) is 0. The molecule has 2 aromatic heterocycles. The largest absolute Gasteiger partial charge is 0.324 e. The second kappa shape index (κ2) is 9.84. The van der Waals surface area contributed by atoms with E-state index >= 15 is 0 Å². The summed E-state index contributed by atoms with van der Waals surface area (Å²) in [6.07, 6.45) is 2.16. The summed E-state index contributed by atoms with van der Waals surface area (Å²) in [6, 6.07) is 12.6. The average Bonchev–Trinajstić information content (AvgIpc) is 3.18. The minimum Gasteiger partial charge on any atom is -0.324 e. The molecule has 4 rings (SSSR count). The second-order valence-electron chi connectivity index (χ2n) is 8.59. The van der Waals surface area contributed by atoms with Crippen LogP contribution in [0.1, 0.15) is 51.8 Å². The Bertz CT molecular complexity index is 1500. The number of para-hydroxylation sites is 2. The van der Waals surface area contributed by atoms with Gasteiger partial charge in [0.25, 0.3) is 11.5 Å². The molecule has 0 spiro atoms. The van der Waals surface area contributed by atoms with Crippen LogP contribution in [0.25, 0.3) is 10.2 Å². The Morgan fingerprint density at radius 1 is 1.03 bits per heavy atom. The third-order valence-corrected chi connectivity index (χ3v) is 7.46. The molecule has 0 saturated heterocycles. The molecular formula is C27H28N4O3S. The molecule has 0 aliphatic heterocycles. The van der Waals surface area contributed by atoms with E-state index in [0.29, 0.717) is 26.3 Å². The van der Waals surface area contributed by atoms with Crippen molar-refractivity contribution in [3.63, 3.8) is 0 Å². The van der Waals surface area contributed by atoms with Crippen LogP contribution in [0.4, 0.5) is 11.4 Å². The number of nitrogens with zero attached hydrogens (tertiary/aromatic N) is 2. The Morgan fingerprint density at radius 3 is 2.46 bits per heavy atom. The maximum Gasteiger partial charge on any atom is 0.266 e. The maximum atomic E-state index is 13.4. The topological polar surface area (TPSA) is 93.1 Å². The zero-order chi connectivity index (χ0) is 25.3. The fraction of sp³-hybridized carbons (Fsp3) is 0.259. The Kier molecular flexibility index (Phi) is 6.84. The number of rotatable bonds is 6. The molecule has 2 heterocycles. The van der Waals surface area contributed by atoms with Gasteiger partial charge < -0.3 is 10.6 Å². The van der Waals surface area contributed by atoms with E-state index in [-0.39, 0.29) is 17.4 Å². The van der Waals surface area contributed by atoms with Gasteiger partial charge in [0.1, 0.15) is 10.9 Å². The van der Waals surface area contributed by atoms with Crippen LogP contribution in [0, 0.1) is 20.8 Å². The third kappa shape index (κ3) is 4.61. The molecule has 0 aliphatic carbocycles. The Labute approximate surface area is 207 Å². The maximum absolute atomic E-state index is 13.4. The van der Waals surface area contributed by atoms with Crippen LogP contribution in [0.5, 0.6) is 0 Å². The van der Waals surface area contributed by atoms with Gasteiger partial charge in [0.05, 0.1) is 16.6 Å². The smallest absolute Gasteiger partial charge is 0.266 e. The minimum absolute atomic E-state index is 0.289. The van der Waals surface area contributed by atoms with Gasteiger partial charge in [-0.3, -0.25) is 19.0 Å². The Hall–Kier alpha value is -3.78. The molecule has 7 nitrogen and oxygen atoms in total. The highest BCUT2D eigenvalue weighted by atomic mass is 32.1. The zero-order valence-corrected chi connectivity index (χ0v) is 21.2. The second-order valence-corrected chi connectivity index (χ2v) is 9.59. The number of fused-ring (bicyclic) bond motifs is 1. The van der Waals surface area contributed by atoms with E-state index in [1.165, 1.54) is 22.2 Å². The van der Waals surface area contributed by atoms with Gasteiger partial charge in [-0.25, -0.2) is 4.98 Å². The first-order valence-corrected chi connectivity index (χ1v) is 12.3. The van der Waals surface area contributed by atoms with Crippen molar-refractivity contribution in [1.82, 2.24) is 9.55 Å². The molecule has 4 aromatic rings. The number of aryl methyl sites for hydroxylation is 4. The van der Waals surface area contributed by atoms with E-state index in [4.69, 9.17) is 0 Å². The molecule has 8 heteroatoms. The monoisotopic (exact) mass is 488 g/mol. The van der Waals surface area contributed by atoms with Gasteiger partial charge in [0.2, 0.25) is 5.91 Å². The van der Waals surface area contributed by atoms with E-state index in [9.17, 15) is 14.4 Å². The number of hydrogen-bond donors (Lipinski definition) is 2.